The third kappa shape index (κ3) is 4.24. The topological polar surface area (TPSA) is 0 Å². The molecule has 0 nitrogen and oxygen atoms in total. The summed E-state index contributed by atoms with van der Waals surface area (Å²) in [5.74, 6) is 0. The molecule has 2 heteroatoms. The lowest BCUT2D eigenvalue weighted by atomic mass is 9.97. The zero-order valence-corrected chi connectivity index (χ0v) is 21.0. The van der Waals surface area contributed by atoms with E-state index in [2.05, 4.69) is 135 Å². The van der Waals surface area contributed by atoms with E-state index in [0.717, 1.165) is 0 Å². The van der Waals surface area contributed by atoms with Crippen LogP contribution in [0.2, 0.25) is 0 Å². The molecule has 4 rings (SSSR count). The molecule has 0 aliphatic heterocycles. The molecule has 150 valence electrons. The summed E-state index contributed by atoms with van der Waals surface area (Å²) < 4.78 is 1.31. The van der Waals surface area contributed by atoms with Crippen LogP contribution in [0.4, 0.5) is 0 Å². The van der Waals surface area contributed by atoms with Crippen molar-refractivity contribution in [3.63, 3.8) is 0 Å². The van der Waals surface area contributed by atoms with Crippen LogP contribution in [0.15, 0.2) is 84.9 Å². The van der Waals surface area contributed by atoms with Gasteiger partial charge in [0, 0.05) is 3.57 Å². The fourth-order valence-electron chi connectivity index (χ4n) is 3.93. The van der Waals surface area contributed by atoms with Crippen molar-refractivity contribution in [3.8, 4) is 11.1 Å². The Bertz CT molecular complexity index is 1110. The van der Waals surface area contributed by atoms with Gasteiger partial charge in [0.15, 0.2) is 0 Å². The van der Waals surface area contributed by atoms with Gasteiger partial charge >= 0.3 is 0 Å². The highest BCUT2D eigenvalue weighted by atomic mass is 127. The van der Waals surface area contributed by atoms with Crippen LogP contribution < -0.4 is 15.9 Å². The second-order valence-electron chi connectivity index (χ2n) is 7.91. The molecule has 4 aromatic rings. The Hall–Kier alpha value is -1.96. The number of aryl methyl sites for hydroxylation is 4. The number of rotatable bonds is 4. The number of benzene rings is 4. The van der Waals surface area contributed by atoms with Gasteiger partial charge in [-0.05, 0) is 102 Å². The Balaban J connectivity index is 2.02. The first-order valence-corrected chi connectivity index (χ1v) is 12.7. The molecular weight excluding hydrogens is 494 g/mol. The monoisotopic (exact) mass is 520 g/mol. The second kappa shape index (κ2) is 9.04. The van der Waals surface area contributed by atoms with Crippen LogP contribution in [0.1, 0.15) is 22.3 Å². The van der Waals surface area contributed by atoms with E-state index < -0.39 is 7.92 Å². The Morgan fingerprint density at radius 2 is 1.00 bits per heavy atom. The van der Waals surface area contributed by atoms with Crippen LogP contribution in [-0.4, -0.2) is 0 Å². The maximum atomic E-state index is 2.49. The summed E-state index contributed by atoms with van der Waals surface area (Å²) in [6, 6.07) is 31.6. The predicted molar refractivity (Wildman–Crippen MR) is 142 cm³/mol. The average molecular weight is 520 g/mol. The van der Waals surface area contributed by atoms with Crippen LogP contribution in [0.5, 0.6) is 0 Å². The van der Waals surface area contributed by atoms with E-state index in [-0.39, 0.29) is 0 Å². The molecule has 0 aliphatic rings. The maximum Gasteiger partial charge on any atom is 0.0211 e. The Kier molecular flexibility index (Phi) is 6.41. The van der Waals surface area contributed by atoms with E-state index >= 15 is 0 Å². The molecule has 0 radical (unpaired) electrons. The molecule has 0 fully saturated rings. The SMILES string of the molecule is Cc1ccc(P(c2ccc(C)cc2)c2cccc(C)c2-c2c(C)cccc2I)cc1. The van der Waals surface area contributed by atoms with E-state index in [1.54, 1.807) is 0 Å². The minimum Gasteiger partial charge on any atom is -0.0613 e. The molecule has 0 N–H and O–H groups in total. The van der Waals surface area contributed by atoms with Gasteiger partial charge in [-0.25, -0.2) is 0 Å². The molecule has 0 spiro atoms. The van der Waals surface area contributed by atoms with Crippen molar-refractivity contribution in [3.05, 3.63) is 111 Å². The fourth-order valence-corrected chi connectivity index (χ4v) is 7.33. The first-order chi connectivity index (χ1) is 14.5. The summed E-state index contributed by atoms with van der Waals surface area (Å²) >= 11 is 2.49. The lowest BCUT2D eigenvalue weighted by molar-refractivity contribution is 1.40. The minimum atomic E-state index is -0.659. The van der Waals surface area contributed by atoms with Crippen molar-refractivity contribution in [1.29, 1.82) is 0 Å². The number of halogens is 1. The van der Waals surface area contributed by atoms with Gasteiger partial charge in [-0.1, -0.05) is 90.0 Å². The smallest absolute Gasteiger partial charge is 0.0211 e. The average Bonchev–Trinajstić information content (AvgIpc) is 2.72. The van der Waals surface area contributed by atoms with Crippen molar-refractivity contribution in [2.45, 2.75) is 27.7 Å². The highest BCUT2D eigenvalue weighted by Gasteiger charge is 2.23. The third-order valence-electron chi connectivity index (χ3n) is 5.55. The van der Waals surface area contributed by atoms with Gasteiger partial charge in [0.05, 0.1) is 0 Å². The maximum absolute atomic E-state index is 2.49. The van der Waals surface area contributed by atoms with Crippen molar-refractivity contribution in [1.82, 2.24) is 0 Å². The molecule has 0 saturated carbocycles. The van der Waals surface area contributed by atoms with E-state index in [0.29, 0.717) is 0 Å². The summed E-state index contributed by atoms with van der Waals surface area (Å²) in [5, 5.41) is 4.23. The van der Waals surface area contributed by atoms with Gasteiger partial charge in [0.2, 0.25) is 0 Å². The summed E-state index contributed by atoms with van der Waals surface area (Å²) in [4.78, 5) is 0. The van der Waals surface area contributed by atoms with Crippen molar-refractivity contribution >= 4 is 46.4 Å². The van der Waals surface area contributed by atoms with Crippen LogP contribution >= 0.6 is 30.5 Å². The van der Waals surface area contributed by atoms with Crippen molar-refractivity contribution < 1.29 is 0 Å². The van der Waals surface area contributed by atoms with Gasteiger partial charge in [-0.15, -0.1) is 0 Å². The quantitative estimate of drug-likeness (QED) is 0.202. The number of hydrogen-bond acceptors (Lipinski definition) is 0. The Labute approximate surface area is 195 Å². The van der Waals surface area contributed by atoms with Gasteiger partial charge in [-0.2, -0.15) is 0 Å². The highest BCUT2D eigenvalue weighted by Crippen LogP contribution is 2.40. The molecule has 4 aromatic carbocycles. The predicted octanol–water partition coefficient (Wildman–Crippen LogP) is 6.95. The van der Waals surface area contributed by atoms with Gasteiger partial charge in [0.1, 0.15) is 0 Å². The molecule has 30 heavy (non-hydrogen) atoms. The van der Waals surface area contributed by atoms with Gasteiger partial charge in [0.25, 0.3) is 0 Å². The first-order valence-electron chi connectivity index (χ1n) is 10.2. The zero-order valence-electron chi connectivity index (χ0n) is 17.9. The van der Waals surface area contributed by atoms with Crippen LogP contribution in [-0.2, 0) is 0 Å². The first kappa shape index (κ1) is 21.3. The molecule has 0 atom stereocenters. The zero-order chi connectivity index (χ0) is 21.3. The van der Waals surface area contributed by atoms with E-state index in [1.807, 2.05) is 0 Å². The fraction of sp³-hybridized carbons (Fsp3) is 0.143. The number of hydrogen-bond donors (Lipinski definition) is 0. The lowest BCUT2D eigenvalue weighted by Crippen LogP contribution is -2.23. The van der Waals surface area contributed by atoms with Crippen molar-refractivity contribution in [2.75, 3.05) is 0 Å². The highest BCUT2D eigenvalue weighted by molar-refractivity contribution is 14.1. The summed E-state index contributed by atoms with van der Waals surface area (Å²) in [7, 11) is -0.659. The molecule has 0 heterocycles. The second-order valence-corrected chi connectivity index (χ2v) is 11.3. The largest absolute Gasteiger partial charge is 0.0613 e. The van der Waals surface area contributed by atoms with E-state index in [9.17, 15) is 0 Å². The van der Waals surface area contributed by atoms with Crippen LogP contribution in [0.25, 0.3) is 11.1 Å². The third-order valence-corrected chi connectivity index (χ3v) is 8.93. The van der Waals surface area contributed by atoms with Crippen LogP contribution in [0, 0.1) is 31.3 Å². The summed E-state index contributed by atoms with van der Waals surface area (Å²) in [5.41, 5.74) is 8.04. The van der Waals surface area contributed by atoms with Crippen molar-refractivity contribution in [2.24, 2.45) is 0 Å². The molecule has 0 unspecified atom stereocenters. The molecule has 0 bridgehead atoms. The van der Waals surface area contributed by atoms with E-state index in [1.165, 1.54) is 52.9 Å². The normalized spacial score (nSPS) is 11.1. The molecule has 0 aliphatic carbocycles. The van der Waals surface area contributed by atoms with E-state index in [4.69, 9.17) is 0 Å². The minimum absolute atomic E-state index is 0.659. The molecular formula is C28H26IP. The summed E-state index contributed by atoms with van der Waals surface area (Å²) in [6.07, 6.45) is 0. The Morgan fingerprint density at radius 1 is 0.533 bits per heavy atom. The van der Waals surface area contributed by atoms with Gasteiger partial charge < -0.3 is 0 Å². The molecule has 0 amide bonds. The van der Waals surface area contributed by atoms with Gasteiger partial charge in [-0.3, -0.25) is 0 Å². The Morgan fingerprint density at radius 3 is 1.50 bits per heavy atom. The molecule has 0 aromatic heterocycles. The molecule has 0 saturated heterocycles. The summed E-state index contributed by atoms with van der Waals surface area (Å²) in [6.45, 7) is 8.80. The van der Waals surface area contributed by atoms with Crippen LogP contribution in [0.3, 0.4) is 0 Å². The standard InChI is InChI=1S/C28H26IP/c1-19-11-15-23(16-12-19)30(24-17-13-20(2)14-18-24)26-10-6-8-22(4)28(26)27-21(3)7-5-9-25(27)29/h5-18H,1-4H3. The lowest BCUT2D eigenvalue weighted by Gasteiger charge is -2.25.